The van der Waals surface area contributed by atoms with Crippen molar-refractivity contribution < 1.29 is 9.53 Å². The van der Waals surface area contributed by atoms with Crippen LogP contribution in [0.15, 0.2) is 47.8 Å². The van der Waals surface area contributed by atoms with Gasteiger partial charge in [0.15, 0.2) is 5.82 Å². The summed E-state index contributed by atoms with van der Waals surface area (Å²) in [6.07, 6.45) is 2.59. The standard InChI is InChI=1S/C22H26N4O2S/c1-28-14-7-12-25(16-18-10-6-15-29-18)22(27)19-11-5-13-26-20(23-24-21(19)26)17-8-3-2-4-9-17/h2-4,6,8-10,15,19H,5,7,11-14,16H2,1H3. The molecule has 1 aliphatic heterocycles. The SMILES string of the molecule is COCCCN(Cc1cccs1)C(=O)C1CCCn2c(-c3ccccc3)nnc21. The summed E-state index contributed by atoms with van der Waals surface area (Å²) in [7, 11) is 1.69. The van der Waals surface area contributed by atoms with E-state index in [9.17, 15) is 4.79 Å². The number of aromatic nitrogens is 3. The van der Waals surface area contributed by atoms with E-state index in [4.69, 9.17) is 4.74 Å². The van der Waals surface area contributed by atoms with E-state index < -0.39 is 0 Å². The maximum atomic E-state index is 13.5. The van der Waals surface area contributed by atoms with Gasteiger partial charge in [-0.15, -0.1) is 21.5 Å². The molecule has 1 unspecified atom stereocenters. The summed E-state index contributed by atoms with van der Waals surface area (Å²) >= 11 is 1.68. The summed E-state index contributed by atoms with van der Waals surface area (Å²) in [5.41, 5.74) is 1.04. The van der Waals surface area contributed by atoms with Crippen LogP contribution in [0.1, 0.15) is 35.9 Å². The Labute approximate surface area is 175 Å². The van der Waals surface area contributed by atoms with Crippen molar-refractivity contribution >= 4 is 17.2 Å². The van der Waals surface area contributed by atoms with Gasteiger partial charge in [0.25, 0.3) is 0 Å². The number of nitrogens with zero attached hydrogens (tertiary/aromatic N) is 4. The van der Waals surface area contributed by atoms with E-state index >= 15 is 0 Å². The van der Waals surface area contributed by atoms with Crippen molar-refractivity contribution in [1.82, 2.24) is 19.7 Å². The molecule has 0 radical (unpaired) electrons. The van der Waals surface area contributed by atoms with Crippen molar-refractivity contribution in [1.29, 1.82) is 0 Å². The maximum absolute atomic E-state index is 13.5. The van der Waals surface area contributed by atoms with Gasteiger partial charge in [-0.1, -0.05) is 36.4 Å². The Morgan fingerprint density at radius 2 is 2.10 bits per heavy atom. The third kappa shape index (κ3) is 4.41. The largest absolute Gasteiger partial charge is 0.385 e. The number of benzene rings is 1. The predicted octanol–water partition coefficient (Wildman–Crippen LogP) is 3.95. The minimum absolute atomic E-state index is 0.141. The van der Waals surface area contributed by atoms with E-state index in [2.05, 4.69) is 26.2 Å². The van der Waals surface area contributed by atoms with E-state index in [-0.39, 0.29) is 11.8 Å². The van der Waals surface area contributed by atoms with Gasteiger partial charge in [0.05, 0.1) is 12.5 Å². The summed E-state index contributed by atoms with van der Waals surface area (Å²) < 4.78 is 7.32. The van der Waals surface area contributed by atoms with Crippen LogP contribution < -0.4 is 0 Å². The van der Waals surface area contributed by atoms with Crippen molar-refractivity contribution in [3.05, 3.63) is 58.5 Å². The Balaban J connectivity index is 1.58. The molecule has 152 valence electrons. The molecule has 4 rings (SSSR count). The quantitative estimate of drug-likeness (QED) is 0.528. The summed E-state index contributed by atoms with van der Waals surface area (Å²) in [5, 5.41) is 10.9. The van der Waals surface area contributed by atoms with Gasteiger partial charge in [0.2, 0.25) is 5.91 Å². The number of carbonyl (C=O) groups excluding carboxylic acids is 1. The lowest BCUT2D eigenvalue weighted by molar-refractivity contribution is -0.134. The van der Waals surface area contributed by atoms with Crippen molar-refractivity contribution in [2.75, 3.05) is 20.3 Å². The first kappa shape index (κ1) is 19.8. The molecule has 0 saturated carbocycles. The predicted molar refractivity (Wildman–Crippen MR) is 114 cm³/mol. The maximum Gasteiger partial charge on any atom is 0.233 e. The Kier molecular flexibility index (Phi) is 6.36. The molecular formula is C22H26N4O2S. The molecule has 1 atom stereocenters. The minimum Gasteiger partial charge on any atom is -0.385 e. The Hall–Kier alpha value is -2.51. The minimum atomic E-state index is -0.240. The highest BCUT2D eigenvalue weighted by atomic mass is 32.1. The lowest BCUT2D eigenvalue weighted by Gasteiger charge is -2.29. The zero-order chi connectivity index (χ0) is 20.1. The number of amides is 1. The molecule has 1 amide bonds. The summed E-state index contributed by atoms with van der Waals surface area (Å²) in [6.45, 7) is 2.81. The van der Waals surface area contributed by atoms with Gasteiger partial charge in [0, 0.05) is 37.2 Å². The Morgan fingerprint density at radius 1 is 1.24 bits per heavy atom. The van der Waals surface area contributed by atoms with Gasteiger partial charge in [-0.05, 0) is 30.7 Å². The van der Waals surface area contributed by atoms with Crippen LogP contribution in [0.25, 0.3) is 11.4 Å². The molecule has 0 bridgehead atoms. The number of carbonyl (C=O) groups is 1. The molecule has 0 spiro atoms. The van der Waals surface area contributed by atoms with Crippen LogP contribution in [0.5, 0.6) is 0 Å². The molecular weight excluding hydrogens is 384 g/mol. The molecule has 6 nitrogen and oxygen atoms in total. The van der Waals surface area contributed by atoms with Gasteiger partial charge < -0.3 is 14.2 Å². The number of methoxy groups -OCH3 is 1. The monoisotopic (exact) mass is 410 g/mol. The number of hydrogen-bond donors (Lipinski definition) is 0. The number of hydrogen-bond acceptors (Lipinski definition) is 5. The zero-order valence-corrected chi connectivity index (χ0v) is 17.5. The van der Waals surface area contributed by atoms with Gasteiger partial charge in [-0.3, -0.25) is 4.79 Å². The van der Waals surface area contributed by atoms with Crippen LogP contribution >= 0.6 is 11.3 Å². The second-order valence-corrected chi connectivity index (χ2v) is 8.31. The molecule has 3 aromatic rings. The fraction of sp³-hybridized carbons (Fsp3) is 0.409. The van der Waals surface area contributed by atoms with Gasteiger partial charge in [0.1, 0.15) is 5.82 Å². The van der Waals surface area contributed by atoms with Gasteiger partial charge in [-0.2, -0.15) is 0 Å². The highest BCUT2D eigenvalue weighted by Crippen LogP contribution is 2.32. The molecule has 1 aromatic carbocycles. The van der Waals surface area contributed by atoms with Crippen molar-refractivity contribution in [2.45, 2.75) is 38.3 Å². The van der Waals surface area contributed by atoms with Crippen LogP contribution in [0.3, 0.4) is 0 Å². The normalized spacial score (nSPS) is 15.8. The van der Waals surface area contributed by atoms with Crippen LogP contribution in [0, 0.1) is 0 Å². The fourth-order valence-electron chi connectivity index (χ4n) is 3.89. The van der Waals surface area contributed by atoms with Crippen molar-refractivity contribution in [3.8, 4) is 11.4 Å². The molecule has 7 heteroatoms. The fourth-order valence-corrected chi connectivity index (χ4v) is 4.61. The number of ether oxygens (including phenoxy) is 1. The number of rotatable bonds is 8. The first-order chi connectivity index (χ1) is 14.3. The Morgan fingerprint density at radius 3 is 2.86 bits per heavy atom. The molecule has 0 fully saturated rings. The second kappa shape index (κ2) is 9.33. The third-order valence-corrected chi connectivity index (χ3v) is 6.17. The molecule has 2 aromatic heterocycles. The lowest BCUT2D eigenvalue weighted by Crippen LogP contribution is -2.38. The van der Waals surface area contributed by atoms with Crippen LogP contribution in [-0.2, 0) is 22.6 Å². The smallest absolute Gasteiger partial charge is 0.233 e. The van der Waals surface area contributed by atoms with Crippen LogP contribution in [0.4, 0.5) is 0 Å². The molecule has 0 saturated heterocycles. The van der Waals surface area contributed by atoms with E-state index in [1.807, 2.05) is 41.3 Å². The Bertz CT molecular complexity index is 924. The molecule has 1 aliphatic rings. The molecule has 0 aliphatic carbocycles. The zero-order valence-electron chi connectivity index (χ0n) is 16.7. The summed E-state index contributed by atoms with van der Waals surface area (Å²) in [6, 6.07) is 14.2. The number of fused-ring (bicyclic) bond motifs is 1. The number of thiophene rings is 1. The van der Waals surface area contributed by atoms with E-state index in [1.165, 1.54) is 4.88 Å². The van der Waals surface area contributed by atoms with E-state index in [0.29, 0.717) is 19.7 Å². The van der Waals surface area contributed by atoms with Gasteiger partial charge in [-0.25, -0.2) is 0 Å². The van der Waals surface area contributed by atoms with Crippen molar-refractivity contribution in [3.63, 3.8) is 0 Å². The summed E-state index contributed by atoms with van der Waals surface area (Å²) in [5.74, 6) is 1.55. The first-order valence-corrected chi connectivity index (χ1v) is 10.9. The summed E-state index contributed by atoms with van der Waals surface area (Å²) in [4.78, 5) is 16.7. The van der Waals surface area contributed by atoms with Crippen molar-refractivity contribution in [2.24, 2.45) is 0 Å². The third-order valence-electron chi connectivity index (χ3n) is 5.31. The van der Waals surface area contributed by atoms with E-state index in [0.717, 1.165) is 43.0 Å². The molecule has 3 heterocycles. The lowest BCUT2D eigenvalue weighted by atomic mass is 9.96. The molecule has 29 heavy (non-hydrogen) atoms. The van der Waals surface area contributed by atoms with Gasteiger partial charge >= 0.3 is 0 Å². The highest BCUT2D eigenvalue weighted by molar-refractivity contribution is 7.09. The van der Waals surface area contributed by atoms with Crippen LogP contribution in [-0.4, -0.2) is 45.8 Å². The van der Waals surface area contributed by atoms with E-state index in [1.54, 1.807) is 18.4 Å². The average Bonchev–Trinajstić information content (AvgIpc) is 3.43. The first-order valence-electron chi connectivity index (χ1n) is 10.1. The molecule has 0 N–H and O–H groups in total. The van der Waals surface area contributed by atoms with Crippen LogP contribution in [0.2, 0.25) is 0 Å². The highest BCUT2D eigenvalue weighted by Gasteiger charge is 2.33. The average molecular weight is 411 g/mol. The second-order valence-electron chi connectivity index (χ2n) is 7.28. The topological polar surface area (TPSA) is 60.2 Å².